The van der Waals surface area contributed by atoms with Crippen molar-refractivity contribution in [2.24, 2.45) is 0 Å². The summed E-state index contributed by atoms with van der Waals surface area (Å²) < 4.78 is 0.860. The summed E-state index contributed by atoms with van der Waals surface area (Å²) >= 11 is 3.40. The fourth-order valence-corrected chi connectivity index (χ4v) is 2.21. The van der Waals surface area contributed by atoms with E-state index in [9.17, 15) is 4.79 Å². The van der Waals surface area contributed by atoms with Crippen LogP contribution in [-0.2, 0) is 6.54 Å². The third-order valence-corrected chi connectivity index (χ3v) is 3.72. The first-order valence-corrected chi connectivity index (χ1v) is 6.21. The number of hydrogen-bond acceptors (Lipinski definition) is 2. The number of rotatable bonds is 4. The Hall–Kier alpha value is -0.870. The van der Waals surface area contributed by atoms with Crippen LogP contribution in [0, 0.1) is 0 Å². The number of nitrogens with one attached hydrogen (secondary N) is 1. The van der Waals surface area contributed by atoms with Crippen molar-refractivity contribution in [1.29, 1.82) is 0 Å². The molecule has 1 aromatic carbocycles. The van der Waals surface area contributed by atoms with Gasteiger partial charge in [0.25, 0.3) is 0 Å². The summed E-state index contributed by atoms with van der Waals surface area (Å²) in [5.41, 5.74) is 1.43. The molecular weight excluding hydrogens is 270 g/mol. The zero-order valence-electron chi connectivity index (χ0n) is 8.87. The van der Waals surface area contributed by atoms with Crippen LogP contribution in [0.25, 0.3) is 0 Å². The molecule has 0 bridgehead atoms. The van der Waals surface area contributed by atoms with Crippen molar-refractivity contribution in [2.75, 3.05) is 0 Å². The quantitative estimate of drug-likeness (QED) is 0.893. The SMILES string of the molecule is O=C(O)c1ccc(CNC2CCC2)c(Br)c1. The van der Waals surface area contributed by atoms with Crippen molar-refractivity contribution in [3.63, 3.8) is 0 Å². The van der Waals surface area contributed by atoms with Gasteiger partial charge in [-0.25, -0.2) is 4.79 Å². The molecule has 16 heavy (non-hydrogen) atoms. The Bertz CT molecular complexity index is 402. The summed E-state index contributed by atoms with van der Waals surface area (Å²) in [4.78, 5) is 10.7. The number of benzene rings is 1. The van der Waals surface area contributed by atoms with Gasteiger partial charge < -0.3 is 10.4 Å². The van der Waals surface area contributed by atoms with Gasteiger partial charge >= 0.3 is 5.97 Å². The topological polar surface area (TPSA) is 49.3 Å². The molecule has 0 aliphatic heterocycles. The summed E-state index contributed by atoms with van der Waals surface area (Å²) in [5.74, 6) is -0.890. The second-order valence-corrected chi connectivity index (χ2v) is 4.97. The zero-order valence-corrected chi connectivity index (χ0v) is 10.5. The molecule has 1 aromatic rings. The van der Waals surface area contributed by atoms with Gasteiger partial charge in [-0.2, -0.15) is 0 Å². The van der Waals surface area contributed by atoms with Crippen molar-refractivity contribution >= 4 is 21.9 Å². The molecule has 1 fully saturated rings. The van der Waals surface area contributed by atoms with Crippen LogP contribution in [-0.4, -0.2) is 17.1 Å². The fourth-order valence-electron chi connectivity index (χ4n) is 1.69. The first kappa shape index (κ1) is 11.6. The minimum absolute atomic E-state index is 0.319. The van der Waals surface area contributed by atoms with Gasteiger partial charge in [0.1, 0.15) is 0 Å². The van der Waals surface area contributed by atoms with Crippen molar-refractivity contribution in [1.82, 2.24) is 5.32 Å². The van der Waals surface area contributed by atoms with E-state index in [-0.39, 0.29) is 0 Å². The Balaban J connectivity index is 2.00. The van der Waals surface area contributed by atoms with Crippen LogP contribution in [0.1, 0.15) is 35.2 Å². The average molecular weight is 284 g/mol. The Morgan fingerprint density at radius 2 is 2.25 bits per heavy atom. The Morgan fingerprint density at radius 3 is 2.75 bits per heavy atom. The zero-order chi connectivity index (χ0) is 11.5. The van der Waals surface area contributed by atoms with Crippen LogP contribution in [0.15, 0.2) is 22.7 Å². The highest BCUT2D eigenvalue weighted by Gasteiger charge is 2.16. The van der Waals surface area contributed by atoms with E-state index in [1.807, 2.05) is 6.07 Å². The van der Waals surface area contributed by atoms with Gasteiger partial charge in [-0.1, -0.05) is 28.4 Å². The molecule has 0 spiro atoms. The van der Waals surface area contributed by atoms with Crippen LogP contribution in [0.4, 0.5) is 0 Å². The highest BCUT2D eigenvalue weighted by molar-refractivity contribution is 9.10. The molecule has 0 unspecified atom stereocenters. The highest BCUT2D eigenvalue weighted by Crippen LogP contribution is 2.22. The number of carbonyl (C=O) groups is 1. The van der Waals surface area contributed by atoms with Gasteiger partial charge in [0.2, 0.25) is 0 Å². The van der Waals surface area contributed by atoms with E-state index in [2.05, 4.69) is 21.2 Å². The van der Waals surface area contributed by atoms with Crippen LogP contribution in [0.3, 0.4) is 0 Å². The Kier molecular flexibility index (Phi) is 3.61. The van der Waals surface area contributed by atoms with Crippen molar-refractivity contribution in [3.8, 4) is 0 Å². The van der Waals surface area contributed by atoms with E-state index in [1.54, 1.807) is 12.1 Å². The normalized spacial score (nSPS) is 15.8. The van der Waals surface area contributed by atoms with E-state index in [0.29, 0.717) is 11.6 Å². The molecule has 0 radical (unpaired) electrons. The highest BCUT2D eigenvalue weighted by atomic mass is 79.9. The second-order valence-electron chi connectivity index (χ2n) is 4.12. The van der Waals surface area contributed by atoms with E-state index in [4.69, 9.17) is 5.11 Å². The molecule has 0 atom stereocenters. The third-order valence-electron chi connectivity index (χ3n) is 2.99. The van der Waals surface area contributed by atoms with E-state index >= 15 is 0 Å². The van der Waals surface area contributed by atoms with Gasteiger partial charge in [0.15, 0.2) is 0 Å². The van der Waals surface area contributed by atoms with Crippen molar-refractivity contribution in [2.45, 2.75) is 31.8 Å². The summed E-state index contributed by atoms with van der Waals surface area (Å²) in [6.07, 6.45) is 3.83. The number of hydrogen-bond donors (Lipinski definition) is 2. The Morgan fingerprint density at radius 1 is 1.50 bits per heavy atom. The monoisotopic (exact) mass is 283 g/mol. The number of halogens is 1. The molecule has 2 N–H and O–H groups in total. The fraction of sp³-hybridized carbons (Fsp3) is 0.417. The maximum atomic E-state index is 10.7. The van der Waals surface area contributed by atoms with E-state index in [1.165, 1.54) is 19.3 Å². The lowest BCUT2D eigenvalue weighted by Gasteiger charge is -2.26. The lowest BCUT2D eigenvalue weighted by Crippen LogP contribution is -2.34. The van der Waals surface area contributed by atoms with Crippen molar-refractivity contribution < 1.29 is 9.90 Å². The summed E-state index contributed by atoms with van der Waals surface area (Å²) in [5, 5.41) is 12.3. The number of carboxylic acid groups (broad SMARTS) is 1. The lowest BCUT2D eigenvalue weighted by atomic mass is 9.93. The molecule has 2 rings (SSSR count). The first-order chi connectivity index (χ1) is 7.66. The molecular formula is C12H14BrNO2. The molecule has 0 aromatic heterocycles. The number of carboxylic acids is 1. The first-order valence-electron chi connectivity index (χ1n) is 5.42. The maximum absolute atomic E-state index is 10.7. The van der Waals surface area contributed by atoms with Gasteiger partial charge in [0, 0.05) is 17.1 Å². The minimum Gasteiger partial charge on any atom is -0.478 e. The smallest absolute Gasteiger partial charge is 0.335 e. The molecule has 4 heteroatoms. The third kappa shape index (κ3) is 2.62. The summed E-state index contributed by atoms with van der Waals surface area (Å²) in [7, 11) is 0. The molecule has 1 aliphatic rings. The lowest BCUT2D eigenvalue weighted by molar-refractivity contribution is 0.0697. The van der Waals surface area contributed by atoms with Gasteiger partial charge in [-0.05, 0) is 30.5 Å². The van der Waals surface area contributed by atoms with Crippen LogP contribution in [0.5, 0.6) is 0 Å². The standard InChI is InChI=1S/C12H14BrNO2/c13-11-6-8(12(15)16)4-5-9(11)7-14-10-2-1-3-10/h4-6,10,14H,1-3,7H2,(H,15,16). The van der Waals surface area contributed by atoms with Crippen LogP contribution < -0.4 is 5.32 Å². The van der Waals surface area contributed by atoms with E-state index in [0.717, 1.165) is 16.6 Å². The number of aromatic carboxylic acids is 1. The average Bonchev–Trinajstić information content (AvgIpc) is 2.17. The molecule has 86 valence electrons. The molecule has 3 nitrogen and oxygen atoms in total. The van der Waals surface area contributed by atoms with E-state index < -0.39 is 5.97 Å². The predicted octanol–water partition coefficient (Wildman–Crippen LogP) is 2.79. The summed E-state index contributed by atoms with van der Waals surface area (Å²) in [6.45, 7) is 0.797. The second kappa shape index (κ2) is 4.97. The Labute approximate surface area is 103 Å². The van der Waals surface area contributed by atoms with Gasteiger partial charge in [-0.3, -0.25) is 0 Å². The van der Waals surface area contributed by atoms with Crippen LogP contribution >= 0.6 is 15.9 Å². The van der Waals surface area contributed by atoms with Gasteiger partial charge in [0.05, 0.1) is 5.56 Å². The summed E-state index contributed by atoms with van der Waals surface area (Å²) in [6, 6.07) is 5.80. The molecule has 1 aliphatic carbocycles. The molecule has 0 amide bonds. The van der Waals surface area contributed by atoms with Crippen LogP contribution in [0.2, 0.25) is 0 Å². The molecule has 0 saturated heterocycles. The maximum Gasteiger partial charge on any atom is 0.335 e. The van der Waals surface area contributed by atoms with Gasteiger partial charge in [-0.15, -0.1) is 0 Å². The largest absolute Gasteiger partial charge is 0.478 e. The molecule has 1 saturated carbocycles. The van der Waals surface area contributed by atoms with Crippen molar-refractivity contribution in [3.05, 3.63) is 33.8 Å². The predicted molar refractivity (Wildman–Crippen MR) is 65.6 cm³/mol. The minimum atomic E-state index is -0.890. The molecule has 0 heterocycles.